The van der Waals surface area contributed by atoms with E-state index in [4.69, 9.17) is 0 Å². The van der Waals surface area contributed by atoms with Gasteiger partial charge in [0.25, 0.3) is 0 Å². The lowest BCUT2D eigenvalue weighted by Crippen LogP contribution is -2.36. The molecule has 1 fully saturated rings. The fourth-order valence-corrected chi connectivity index (χ4v) is 5.05. The lowest BCUT2D eigenvalue weighted by Gasteiger charge is -2.30. The van der Waals surface area contributed by atoms with Crippen molar-refractivity contribution < 1.29 is 4.79 Å². The number of nitrogens with zero attached hydrogens (tertiary/aromatic N) is 2. The molecule has 4 rings (SSSR count). The van der Waals surface area contributed by atoms with E-state index in [-0.39, 0.29) is 11.9 Å². The number of fused-ring (bicyclic) bond motifs is 1. The first-order valence-electron chi connectivity index (χ1n) is 9.75. The van der Waals surface area contributed by atoms with Gasteiger partial charge in [-0.1, -0.05) is 18.9 Å². The summed E-state index contributed by atoms with van der Waals surface area (Å²) in [6.07, 6.45) is 11.9. The molecule has 26 heavy (non-hydrogen) atoms. The third-order valence-electron chi connectivity index (χ3n) is 5.60. The van der Waals surface area contributed by atoms with Crippen molar-refractivity contribution in [3.05, 3.63) is 59.4 Å². The number of aromatic nitrogens is 1. The van der Waals surface area contributed by atoms with Gasteiger partial charge in [0.1, 0.15) is 0 Å². The first-order chi connectivity index (χ1) is 12.8. The molecule has 3 nitrogen and oxygen atoms in total. The number of carbonyl (C=O) groups is 1. The van der Waals surface area contributed by atoms with Crippen LogP contribution in [-0.2, 0) is 17.6 Å². The summed E-state index contributed by atoms with van der Waals surface area (Å²) in [7, 11) is 0. The summed E-state index contributed by atoms with van der Waals surface area (Å²) < 4.78 is 0. The van der Waals surface area contributed by atoms with Crippen LogP contribution in [-0.4, -0.2) is 28.1 Å². The first kappa shape index (κ1) is 17.6. The van der Waals surface area contributed by atoms with Crippen LogP contribution in [0.3, 0.4) is 0 Å². The molecule has 1 amide bonds. The molecule has 1 atom stereocenters. The average Bonchev–Trinajstić information content (AvgIpc) is 3.01. The SMILES string of the molecule is O=C(CSc1ccc2c(c1)CCC2)N1CCCCCC1c1ccncc1. The Kier molecular flexibility index (Phi) is 5.59. The maximum Gasteiger partial charge on any atom is 0.233 e. The normalized spacial score (nSPS) is 19.8. The van der Waals surface area contributed by atoms with E-state index in [1.165, 1.54) is 53.7 Å². The van der Waals surface area contributed by atoms with Crippen molar-refractivity contribution >= 4 is 17.7 Å². The molecule has 1 saturated heterocycles. The number of aryl methyl sites for hydroxylation is 2. The second-order valence-electron chi connectivity index (χ2n) is 7.31. The van der Waals surface area contributed by atoms with Crippen molar-refractivity contribution in [2.24, 2.45) is 0 Å². The summed E-state index contributed by atoms with van der Waals surface area (Å²) in [5.41, 5.74) is 4.19. The second-order valence-corrected chi connectivity index (χ2v) is 8.35. The van der Waals surface area contributed by atoms with Crippen molar-refractivity contribution in [3.8, 4) is 0 Å². The van der Waals surface area contributed by atoms with Gasteiger partial charge in [-0.15, -0.1) is 11.8 Å². The Bertz CT molecular complexity index is 762. The van der Waals surface area contributed by atoms with Crippen LogP contribution in [0.1, 0.15) is 54.8 Å². The molecule has 1 aliphatic heterocycles. The van der Waals surface area contributed by atoms with E-state index < -0.39 is 0 Å². The number of hydrogen-bond donors (Lipinski definition) is 0. The number of pyridine rings is 1. The van der Waals surface area contributed by atoms with E-state index in [0.29, 0.717) is 5.75 Å². The van der Waals surface area contributed by atoms with E-state index in [2.05, 4.69) is 40.2 Å². The highest BCUT2D eigenvalue weighted by Crippen LogP contribution is 2.32. The van der Waals surface area contributed by atoms with Gasteiger partial charge in [-0.25, -0.2) is 0 Å². The standard InChI is InChI=1S/C22H26N2OS/c25-22(16-26-20-9-8-17-5-4-6-19(17)15-20)24-14-3-1-2-7-21(24)18-10-12-23-13-11-18/h8-13,15,21H,1-7,14,16H2. The number of amides is 1. The zero-order chi connectivity index (χ0) is 17.8. The number of thioether (sulfide) groups is 1. The van der Waals surface area contributed by atoms with E-state index in [1.54, 1.807) is 11.8 Å². The van der Waals surface area contributed by atoms with Crippen LogP contribution in [0.25, 0.3) is 0 Å². The Morgan fingerprint density at radius 1 is 1.04 bits per heavy atom. The summed E-state index contributed by atoms with van der Waals surface area (Å²) in [6.45, 7) is 0.872. The van der Waals surface area contributed by atoms with Gasteiger partial charge in [-0.3, -0.25) is 9.78 Å². The Morgan fingerprint density at radius 2 is 1.88 bits per heavy atom. The predicted molar refractivity (Wildman–Crippen MR) is 106 cm³/mol. The van der Waals surface area contributed by atoms with Gasteiger partial charge in [0.2, 0.25) is 5.91 Å². The lowest BCUT2D eigenvalue weighted by atomic mass is 10.0. The first-order valence-corrected chi connectivity index (χ1v) is 10.7. The molecule has 136 valence electrons. The number of benzene rings is 1. The molecule has 0 N–H and O–H groups in total. The quantitative estimate of drug-likeness (QED) is 0.728. The number of rotatable bonds is 4. The molecule has 2 aliphatic rings. The molecule has 0 radical (unpaired) electrons. The smallest absolute Gasteiger partial charge is 0.233 e. The molecule has 1 aliphatic carbocycles. The minimum absolute atomic E-state index is 0.202. The summed E-state index contributed by atoms with van der Waals surface area (Å²) >= 11 is 1.69. The minimum atomic E-state index is 0.202. The van der Waals surface area contributed by atoms with Crippen LogP contribution in [0.4, 0.5) is 0 Å². The van der Waals surface area contributed by atoms with Gasteiger partial charge >= 0.3 is 0 Å². The molecule has 0 saturated carbocycles. The van der Waals surface area contributed by atoms with Crippen molar-refractivity contribution in [3.63, 3.8) is 0 Å². The third-order valence-corrected chi connectivity index (χ3v) is 6.57. The minimum Gasteiger partial charge on any atom is -0.335 e. The summed E-state index contributed by atoms with van der Waals surface area (Å²) in [4.78, 5) is 20.5. The topological polar surface area (TPSA) is 33.2 Å². The predicted octanol–water partition coefficient (Wildman–Crippen LogP) is 4.81. The highest BCUT2D eigenvalue weighted by molar-refractivity contribution is 8.00. The summed E-state index contributed by atoms with van der Waals surface area (Å²) in [6, 6.07) is 11.1. The largest absolute Gasteiger partial charge is 0.335 e. The molecular weight excluding hydrogens is 340 g/mol. The molecule has 1 aromatic heterocycles. The molecule has 4 heteroatoms. The van der Waals surface area contributed by atoms with E-state index in [9.17, 15) is 4.79 Å². The van der Waals surface area contributed by atoms with Gasteiger partial charge in [-0.2, -0.15) is 0 Å². The van der Waals surface area contributed by atoms with Crippen molar-refractivity contribution in [1.29, 1.82) is 0 Å². The van der Waals surface area contributed by atoms with Gasteiger partial charge < -0.3 is 4.90 Å². The number of hydrogen-bond acceptors (Lipinski definition) is 3. The highest BCUT2D eigenvalue weighted by Gasteiger charge is 2.26. The van der Waals surface area contributed by atoms with Crippen LogP contribution in [0.5, 0.6) is 0 Å². The average molecular weight is 367 g/mol. The molecule has 1 unspecified atom stereocenters. The fourth-order valence-electron chi connectivity index (χ4n) is 4.20. The van der Waals surface area contributed by atoms with E-state index in [1.807, 2.05) is 12.4 Å². The number of carbonyl (C=O) groups excluding carboxylic acids is 1. The highest BCUT2D eigenvalue weighted by atomic mass is 32.2. The summed E-state index contributed by atoms with van der Waals surface area (Å²) in [5, 5.41) is 0. The number of likely N-dealkylation sites (tertiary alicyclic amines) is 1. The molecule has 2 heterocycles. The Balaban J connectivity index is 1.44. The Morgan fingerprint density at radius 3 is 2.77 bits per heavy atom. The molecular formula is C22H26N2OS. The Labute approximate surface area is 160 Å². The van der Waals surface area contributed by atoms with Crippen LogP contribution in [0.15, 0.2) is 47.6 Å². The lowest BCUT2D eigenvalue weighted by molar-refractivity contribution is -0.130. The fraction of sp³-hybridized carbons (Fsp3) is 0.455. The molecule has 0 spiro atoms. The van der Waals surface area contributed by atoms with Crippen LogP contribution >= 0.6 is 11.8 Å². The van der Waals surface area contributed by atoms with E-state index in [0.717, 1.165) is 19.4 Å². The van der Waals surface area contributed by atoms with Crippen LogP contribution < -0.4 is 0 Å². The van der Waals surface area contributed by atoms with Crippen molar-refractivity contribution in [1.82, 2.24) is 9.88 Å². The van der Waals surface area contributed by atoms with Crippen LogP contribution in [0.2, 0.25) is 0 Å². The monoisotopic (exact) mass is 366 g/mol. The Hall–Kier alpha value is -1.81. The van der Waals surface area contributed by atoms with Crippen LogP contribution in [0, 0.1) is 0 Å². The van der Waals surface area contributed by atoms with Crippen molar-refractivity contribution in [2.45, 2.75) is 55.9 Å². The zero-order valence-electron chi connectivity index (χ0n) is 15.2. The van der Waals surface area contributed by atoms with Gasteiger partial charge in [0.05, 0.1) is 11.8 Å². The van der Waals surface area contributed by atoms with Gasteiger partial charge in [0.15, 0.2) is 0 Å². The second kappa shape index (κ2) is 8.26. The summed E-state index contributed by atoms with van der Waals surface area (Å²) in [5.74, 6) is 0.791. The maximum absolute atomic E-state index is 13.0. The van der Waals surface area contributed by atoms with Crippen molar-refractivity contribution in [2.75, 3.05) is 12.3 Å². The van der Waals surface area contributed by atoms with E-state index >= 15 is 0 Å². The third kappa shape index (κ3) is 3.96. The zero-order valence-corrected chi connectivity index (χ0v) is 16.0. The molecule has 1 aromatic carbocycles. The molecule has 2 aromatic rings. The van der Waals surface area contributed by atoms with Gasteiger partial charge in [-0.05, 0) is 73.1 Å². The van der Waals surface area contributed by atoms with Gasteiger partial charge in [0, 0.05) is 23.8 Å². The maximum atomic E-state index is 13.0. The molecule has 0 bridgehead atoms.